The molecule has 2 atom stereocenters. The van der Waals surface area contributed by atoms with Crippen LogP contribution in [0, 0.1) is 6.92 Å². The van der Waals surface area contributed by atoms with Crippen molar-refractivity contribution in [2.45, 2.75) is 23.9 Å². The Labute approximate surface area is 353 Å². The third-order valence-electron chi connectivity index (χ3n) is 11.5. The molecule has 4 nitrogen and oxygen atoms in total. The fraction of sp³-hybridized carbons (Fsp3) is 0.0556. The van der Waals surface area contributed by atoms with Crippen LogP contribution in [0.2, 0.25) is 0 Å². The van der Waals surface area contributed by atoms with Gasteiger partial charge in [-0.1, -0.05) is 206 Å². The highest BCUT2D eigenvalue weighted by Gasteiger charge is 2.46. The third kappa shape index (κ3) is 6.70. The summed E-state index contributed by atoms with van der Waals surface area (Å²) in [5, 5.41) is 7.93. The fourth-order valence-electron chi connectivity index (χ4n) is 8.69. The highest BCUT2D eigenvalue weighted by Crippen LogP contribution is 2.49. The van der Waals surface area contributed by atoms with Gasteiger partial charge in [-0.25, -0.2) is 12.7 Å². The first kappa shape index (κ1) is 37.6. The second kappa shape index (κ2) is 15.8. The molecule has 290 valence electrons. The van der Waals surface area contributed by atoms with E-state index in [-0.39, 0.29) is 4.90 Å². The Morgan fingerprint density at radius 1 is 0.483 bits per heavy atom. The van der Waals surface area contributed by atoms with Crippen molar-refractivity contribution in [3.63, 3.8) is 0 Å². The molecule has 9 aromatic carbocycles. The Morgan fingerprint density at radius 3 is 1.55 bits per heavy atom. The molecule has 6 heteroatoms. The van der Waals surface area contributed by atoms with Crippen molar-refractivity contribution in [2.75, 3.05) is 0 Å². The maximum atomic E-state index is 15.6. The summed E-state index contributed by atoms with van der Waals surface area (Å²) in [6, 6.07) is 73.3. The maximum Gasteiger partial charge on any atom is 0.266 e. The number of fused-ring (bicyclic) bond motifs is 2. The van der Waals surface area contributed by atoms with Crippen LogP contribution in [0.15, 0.2) is 228 Å². The second-order valence-electron chi connectivity index (χ2n) is 15.2. The highest BCUT2D eigenvalue weighted by molar-refractivity contribution is 7.89. The number of amidine groups is 1. The first-order valence-electron chi connectivity index (χ1n) is 20.2. The standard InChI is InChI=1S/C54H41N2O2PS/c1-38-30-34-45(35-31-38)60(57,58)56-53(42-22-8-3-9-23-42)52(41-20-6-2-7-21-41)55-54(56)48-36-32-39-18-14-16-28-46(39)50(48)51-47-29-17-15-19-40(47)33-37-49(51)59(43-24-10-4-11-25-43)44-26-12-5-13-27-44/h2-37,52-53H,1H3/t52-,53-/m0/s1. The van der Waals surface area contributed by atoms with E-state index in [1.165, 1.54) is 15.9 Å². The minimum absolute atomic E-state index is 0.223. The summed E-state index contributed by atoms with van der Waals surface area (Å²) in [5.41, 5.74) is 5.59. The van der Waals surface area contributed by atoms with Gasteiger partial charge in [0.1, 0.15) is 11.9 Å². The second-order valence-corrected chi connectivity index (χ2v) is 19.2. The normalized spacial score (nSPS) is 15.4. The van der Waals surface area contributed by atoms with Crippen LogP contribution in [0.5, 0.6) is 0 Å². The van der Waals surface area contributed by atoms with Crippen LogP contribution in [0.1, 0.15) is 34.3 Å². The molecule has 0 aliphatic carbocycles. The van der Waals surface area contributed by atoms with E-state index < -0.39 is 30.0 Å². The number of hydrogen-bond donors (Lipinski definition) is 0. The molecule has 1 aliphatic heterocycles. The van der Waals surface area contributed by atoms with Crippen LogP contribution in [0.4, 0.5) is 0 Å². The zero-order valence-electron chi connectivity index (χ0n) is 33.0. The number of aliphatic imine (C=N–C) groups is 1. The van der Waals surface area contributed by atoms with Gasteiger partial charge in [-0.3, -0.25) is 4.99 Å². The molecule has 0 amide bonds. The lowest BCUT2D eigenvalue weighted by molar-refractivity contribution is 0.420. The molecule has 0 unspecified atom stereocenters. The van der Waals surface area contributed by atoms with E-state index in [4.69, 9.17) is 4.99 Å². The molecule has 9 aromatic rings. The Kier molecular flexibility index (Phi) is 9.93. The highest BCUT2D eigenvalue weighted by atomic mass is 32.2. The lowest BCUT2D eigenvalue weighted by Gasteiger charge is -2.31. The van der Waals surface area contributed by atoms with Gasteiger partial charge in [0.15, 0.2) is 0 Å². The molecule has 0 radical (unpaired) electrons. The lowest BCUT2D eigenvalue weighted by atomic mass is 9.89. The van der Waals surface area contributed by atoms with Crippen LogP contribution in [-0.4, -0.2) is 18.6 Å². The van der Waals surface area contributed by atoms with Gasteiger partial charge >= 0.3 is 0 Å². The molecule has 0 fully saturated rings. The minimum atomic E-state index is -4.19. The molecule has 0 bridgehead atoms. The van der Waals surface area contributed by atoms with Gasteiger partial charge in [0.05, 0.1) is 10.9 Å². The smallest absolute Gasteiger partial charge is 0.256 e. The molecule has 0 aromatic heterocycles. The van der Waals surface area contributed by atoms with E-state index in [0.717, 1.165) is 54.9 Å². The summed E-state index contributed by atoms with van der Waals surface area (Å²) in [7, 11) is -5.27. The number of aryl methyl sites for hydroxylation is 1. The largest absolute Gasteiger partial charge is 0.266 e. The van der Waals surface area contributed by atoms with Crippen molar-refractivity contribution in [1.82, 2.24) is 4.31 Å². The number of nitrogens with zero attached hydrogens (tertiary/aromatic N) is 2. The minimum Gasteiger partial charge on any atom is -0.256 e. The number of hydrogen-bond acceptors (Lipinski definition) is 3. The van der Waals surface area contributed by atoms with Crippen molar-refractivity contribution < 1.29 is 8.42 Å². The third-order valence-corrected chi connectivity index (χ3v) is 15.7. The number of rotatable bonds is 9. The molecule has 0 saturated heterocycles. The van der Waals surface area contributed by atoms with E-state index in [1.807, 2.05) is 67.6 Å². The molecule has 1 aliphatic rings. The summed E-state index contributed by atoms with van der Waals surface area (Å²) in [5.74, 6) is 0.418. The van der Waals surface area contributed by atoms with Gasteiger partial charge in [0, 0.05) is 11.1 Å². The van der Waals surface area contributed by atoms with Gasteiger partial charge in [-0.05, 0) is 87.2 Å². The first-order chi connectivity index (χ1) is 29.5. The van der Waals surface area contributed by atoms with Gasteiger partial charge in [0.25, 0.3) is 10.0 Å². The molecule has 0 spiro atoms. The fourth-order valence-corrected chi connectivity index (χ4v) is 12.8. The van der Waals surface area contributed by atoms with Crippen LogP contribution in [0.3, 0.4) is 0 Å². The predicted octanol–water partition coefficient (Wildman–Crippen LogP) is 11.7. The Hall–Kier alpha value is -6.65. The van der Waals surface area contributed by atoms with Gasteiger partial charge in [-0.2, -0.15) is 0 Å². The zero-order chi connectivity index (χ0) is 40.6. The first-order valence-corrected chi connectivity index (χ1v) is 23.0. The number of benzene rings is 9. The topological polar surface area (TPSA) is 49.7 Å². The van der Waals surface area contributed by atoms with E-state index in [0.29, 0.717) is 5.84 Å². The molecule has 1 heterocycles. The van der Waals surface area contributed by atoms with E-state index in [1.54, 1.807) is 16.4 Å². The van der Waals surface area contributed by atoms with Crippen LogP contribution in [0.25, 0.3) is 32.7 Å². The molecule has 0 saturated carbocycles. The van der Waals surface area contributed by atoms with E-state index >= 15 is 8.42 Å². The molecular weight excluding hydrogens is 772 g/mol. The summed E-state index contributed by atoms with van der Waals surface area (Å²) >= 11 is 0. The Bertz CT molecular complexity index is 3080. The van der Waals surface area contributed by atoms with E-state index in [2.05, 4.69) is 146 Å². The van der Waals surface area contributed by atoms with Gasteiger partial charge in [0.2, 0.25) is 0 Å². The average Bonchev–Trinajstić information content (AvgIpc) is 3.72. The molecule has 10 rings (SSSR count). The monoisotopic (exact) mass is 812 g/mol. The quantitative estimate of drug-likeness (QED) is 0.136. The van der Waals surface area contributed by atoms with E-state index in [9.17, 15) is 0 Å². The Balaban J connectivity index is 1.33. The van der Waals surface area contributed by atoms with Crippen molar-refractivity contribution in [3.8, 4) is 11.1 Å². The molecule has 60 heavy (non-hydrogen) atoms. The summed E-state index contributed by atoms with van der Waals surface area (Å²) in [6.07, 6.45) is 0. The lowest BCUT2D eigenvalue weighted by Crippen LogP contribution is -2.38. The Morgan fingerprint density at radius 2 is 0.967 bits per heavy atom. The van der Waals surface area contributed by atoms with Crippen molar-refractivity contribution in [3.05, 3.63) is 241 Å². The SMILES string of the molecule is Cc1ccc(S(=O)(=O)N2C(c3ccc4ccccc4c3-c3c(P(c4ccccc4)c4ccccc4)ccc4ccccc34)=N[C@@H](c3ccccc3)[C@@H]2c2ccccc2)cc1. The van der Waals surface area contributed by atoms with Gasteiger partial charge < -0.3 is 0 Å². The summed E-state index contributed by atoms with van der Waals surface area (Å²) < 4.78 is 32.8. The van der Waals surface area contributed by atoms with Crippen LogP contribution in [-0.2, 0) is 10.0 Å². The van der Waals surface area contributed by atoms with Crippen molar-refractivity contribution >= 4 is 61.2 Å². The predicted molar refractivity (Wildman–Crippen MR) is 251 cm³/mol. The van der Waals surface area contributed by atoms with Crippen molar-refractivity contribution in [2.24, 2.45) is 4.99 Å². The molecular formula is C54H41N2O2PS. The average molecular weight is 813 g/mol. The zero-order valence-corrected chi connectivity index (χ0v) is 34.7. The molecule has 0 N–H and O–H groups in total. The summed E-state index contributed by atoms with van der Waals surface area (Å²) in [6.45, 7) is 1.97. The maximum absolute atomic E-state index is 15.6. The van der Waals surface area contributed by atoms with Crippen LogP contribution >= 0.6 is 7.92 Å². The number of sulfonamides is 1. The van der Waals surface area contributed by atoms with Gasteiger partial charge in [-0.15, -0.1) is 0 Å². The summed E-state index contributed by atoms with van der Waals surface area (Å²) in [4.78, 5) is 5.83. The van der Waals surface area contributed by atoms with Crippen LogP contribution < -0.4 is 15.9 Å². The van der Waals surface area contributed by atoms with Crippen molar-refractivity contribution in [1.29, 1.82) is 0 Å².